The molecule has 2 aliphatic rings. The van der Waals surface area contributed by atoms with Gasteiger partial charge >= 0.3 is 0 Å². The normalized spacial score (nSPS) is 25.5. The molecular formula is C14H17ClN2O2. The Balaban J connectivity index is 1.77. The maximum absolute atomic E-state index is 12.5. The fourth-order valence-corrected chi connectivity index (χ4v) is 3.19. The van der Waals surface area contributed by atoms with Crippen LogP contribution < -0.4 is 10.1 Å². The van der Waals surface area contributed by atoms with Gasteiger partial charge < -0.3 is 15.0 Å². The lowest BCUT2D eigenvalue weighted by Crippen LogP contribution is -2.31. The van der Waals surface area contributed by atoms with Crippen molar-refractivity contribution in [2.45, 2.75) is 0 Å². The van der Waals surface area contributed by atoms with Crippen molar-refractivity contribution in [2.75, 3.05) is 33.3 Å². The van der Waals surface area contributed by atoms with Gasteiger partial charge in [0.2, 0.25) is 0 Å². The van der Waals surface area contributed by atoms with E-state index in [9.17, 15) is 4.79 Å². The van der Waals surface area contributed by atoms with Crippen LogP contribution in [0.2, 0.25) is 5.02 Å². The number of ether oxygens (including phenoxy) is 1. The number of nitrogens with one attached hydrogen (secondary N) is 1. The summed E-state index contributed by atoms with van der Waals surface area (Å²) in [6.45, 7) is 3.75. The fourth-order valence-electron chi connectivity index (χ4n) is 3.00. The molecule has 4 nitrogen and oxygen atoms in total. The molecule has 2 saturated heterocycles. The quantitative estimate of drug-likeness (QED) is 0.895. The molecule has 102 valence electrons. The molecule has 0 bridgehead atoms. The second-order valence-electron chi connectivity index (χ2n) is 5.24. The van der Waals surface area contributed by atoms with Crippen molar-refractivity contribution in [3.63, 3.8) is 0 Å². The zero-order chi connectivity index (χ0) is 13.4. The Labute approximate surface area is 117 Å². The van der Waals surface area contributed by atoms with E-state index in [1.807, 2.05) is 4.90 Å². The molecule has 2 fully saturated rings. The van der Waals surface area contributed by atoms with Gasteiger partial charge in [-0.3, -0.25) is 4.79 Å². The third-order valence-corrected chi connectivity index (χ3v) is 4.39. The van der Waals surface area contributed by atoms with Gasteiger partial charge in [-0.2, -0.15) is 0 Å². The first kappa shape index (κ1) is 12.8. The van der Waals surface area contributed by atoms with Gasteiger partial charge in [0, 0.05) is 31.7 Å². The van der Waals surface area contributed by atoms with Gasteiger partial charge in [-0.15, -0.1) is 0 Å². The zero-order valence-electron chi connectivity index (χ0n) is 10.9. The van der Waals surface area contributed by atoms with E-state index in [1.54, 1.807) is 25.3 Å². The molecular weight excluding hydrogens is 264 g/mol. The second-order valence-corrected chi connectivity index (χ2v) is 5.65. The van der Waals surface area contributed by atoms with Crippen LogP contribution in [0.15, 0.2) is 18.2 Å². The Hall–Kier alpha value is -1.26. The van der Waals surface area contributed by atoms with Gasteiger partial charge in [0.05, 0.1) is 12.1 Å². The first-order valence-corrected chi connectivity index (χ1v) is 6.90. The molecule has 2 atom stereocenters. The van der Waals surface area contributed by atoms with Crippen molar-refractivity contribution in [1.82, 2.24) is 10.2 Å². The van der Waals surface area contributed by atoms with Gasteiger partial charge in [-0.1, -0.05) is 11.6 Å². The van der Waals surface area contributed by atoms with Gasteiger partial charge in [0.15, 0.2) is 0 Å². The van der Waals surface area contributed by atoms with E-state index in [4.69, 9.17) is 16.3 Å². The Kier molecular flexibility index (Phi) is 3.37. The van der Waals surface area contributed by atoms with Crippen LogP contribution in [0.1, 0.15) is 10.4 Å². The van der Waals surface area contributed by atoms with Gasteiger partial charge in [-0.25, -0.2) is 0 Å². The summed E-state index contributed by atoms with van der Waals surface area (Å²) in [6.07, 6.45) is 0. The summed E-state index contributed by atoms with van der Waals surface area (Å²) in [6, 6.07) is 5.20. The number of hydrogen-bond donors (Lipinski definition) is 1. The summed E-state index contributed by atoms with van der Waals surface area (Å²) in [5.74, 6) is 1.84. The number of fused-ring (bicyclic) bond motifs is 1. The van der Waals surface area contributed by atoms with Crippen molar-refractivity contribution in [3.05, 3.63) is 28.8 Å². The molecule has 19 heavy (non-hydrogen) atoms. The van der Waals surface area contributed by atoms with Crippen LogP contribution in [-0.2, 0) is 0 Å². The van der Waals surface area contributed by atoms with Crippen molar-refractivity contribution in [2.24, 2.45) is 11.8 Å². The lowest BCUT2D eigenvalue weighted by Gasteiger charge is -2.18. The highest BCUT2D eigenvalue weighted by Gasteiger charge is 2.38. The Morgan fingerprint density at radius 1 is 1.37 bits per heavy atom. The number of carbonyl (C=O) groups is 1. The molecule has 1 amide bonds. The van der Waals surface area contributed by atoms with Crippen molar-refractivity contribution in [3.8, 4) is 5.75 Å². The minimum Gasteiger partial charge on any atom is -0.495 e. The van der Waals surface area contributed by atoms with E-state index >= 15 is 0 Å². The summed E-state index contributed by atoms with van der Waals surface area (Å²) in [4.78, 5) is 14.4. The highest BCUT2D eigenvalue weighted by Crippen LogP contribution is 2.29. The van der Waals surface area contributed by atoms with Crippen LogP contribution in [0, 0.1) is 11.8 Å². The van der Waals surface area contributed by atoms with Crippen LogP contribution in [0.25, 0.3) is 0 Å². The smallest absolute Gasteiger partial charge is 0.254 e. The van der Waals surface area contributed by atoms with Gasteiger partial charge in [0.1, 0.15) is 5.75 Å². The average molecular weight is 281 g/mol. The molecule has 5 heteroatoms. The molecule has 3 rings (SSSR count). The number of carbonyl (C=O) groups excluding carboxylic acids is 1. The highest BCUT2D eigenvalue weighted by molar-refractivity contribution is 6.32. The predicted octanol–water partition coefficient (Wildman–Crippen LogP) is 1.64. The molecule has 1 N–H and O–H groups in total. The molecule has 2 heterocycles. The van der Waals surface area contributed by atoms with Crippen LogP contribution in [0.4, 0.5) is 0 Å². The Morgan fingerprint density at radius 2 is 2.05 bits per heavy atom. The molecule has 0 radical (unpaired) electrons. The number of rotatable bonds is 2. The molecule has 0 spiro atoms. The van der Waals surface area contributed by atoms with Crippen molar-refractivity contribution >= 4 is 17.5 Å². The van der Waals surface area contributed by atoms with Gasteiger partial charge in [0.25, 0.3) is 5.91 Å². The molecule has 2 unspecified atom stereocenters. The van der Waals surface area contributed by atoms with Crippen LogP contribution >= 0.6 is 11.6 Å². The minimum absolute atomic E-state index is 0.0735. The predicted molar refractivity (Wildman–Crippen MR) is 73.8 cm³/mol. The first-order chi connectivity index (χ1) is 9.19. The number of nitrogens with zero attached hydrogens (tertiary/aromatic N) is 1. The zero-order valence-corrected chi connectivity index (χ0v) is 11.6. The molecule has 2 aliphatic heterocycles. The number of halogens is 1. The summed E-state index contributed by atoms with van der Waals surface area (Å²) >= 11 is 5.98. The Morgan fingerprint density at radius 3 is 2.68 bits per heavy atom. The molecule has 0 aromatic heterocycles. The summed E-state index contributed by atoms with van der Waals surface area (Å²) in [7, 11) is 1.56. The lowest BCUT2D eigenvalue weighted by molar-refractivity contribution is 0.0781. The van der Waals surface area contributed by atoms with Crippen LogP contribution in [-0.4, -0.2) is 44.1 Å². The third kappa shape index (κ3) is 2.30. The van der Waals surface area contributed by atoms with E-state index in [2.05, 4.69) is 5.32 Å². The largest absolute Gasteiger partial charge is 0.495 e. The van der Waals surface area contributed by atoms with E-state index in [0.29, 0.717) is 28.2 Å². The van der Waals surface area contributed by atoms with Crippen LogP contribution in [0.5, 0.6) is 5.75 Å². The highest BCUT2D eigenvalue weighted by atomic mass is 35.5. The third-order valence-electron chi connectivity index (χ3n) is 4.07. The SMILES string of the molecule is COc1cc(C(=O)N2CC3CNCC3C2)ccc1Cl. The average Bonchev–Trinajstić information content (AvgIpc) is 2.99. The Bertz CT molecular complexity index is 494. The van der Waals surface area contributed by atoms with E-state index in [-0.39, 0.29) is 5.91 Å². The maximum Gasteiger partial charge on any atom is 0.254 e. The van der Waals surface area contributed by atoms with E-state index in [0.717, 1.165) is 26.2 Å². The summed E-state index contributed by atoms with van der Waals surface area (Å²) in [5, 5.41) is 3.90. The summed E-state index contributed by atoms with van der Waals surface area (Å²) < 4.78 is 5.16. The monoisotopic (exact) mass is 280 g/mol. The van der Waals surface area contributed by atoms with E-state index < -0.39 is 0 Å². The number of amides is 1. The maximum atomic E-state index is 12.5. The molecule has 1 aromatic carbocycles. The first-order valence-electron chi connectivity index (χ1n) is 6.52. The number of benzene rings is 1. The van der Waals surface area contributed by atoms with Crippen LogP contribution in [0.3, 0.4) is 0 Å². The minimum atomic E-state index is 0.0735. The van der Waals surface area contributed by atoms with E-state index in [1.165, 1.54) is 0 Å². The molecule has 1 aromatic rings. The second kappa shape index (κ2) is 5.02. The van der Waals surface area contributed by atoms with Crippen molar-refractivity contribution in [1.29, 1.82) is 0 Å². The van der Waals surface area contributed by atoms with Crippen molar-refractivity contribution < 1.29 is 9.53 Å². The molecule has 0 aliphatic carbocycles. The lowest BCUT2D eigenvalue weighted by atomic mass is 10.0. The molecule has 0 saturated carbocycles. The topological polar surface area (TPSA) is 41.6 Å². The number of methoxy groups -OCH3 is 1. The number of hydrogen-bond acceptors (Lipinski definition) is 3. The van der Waals surface area contributed by atoms with Gasteiger partial charge in [-0.05, 0) is 30.0 Å². The fraction of sp³-hybridized carbons (Fsp3) is 0.500. The number of likely N-dealkylation sites (tertiary alicyclic amines) is 1. The standard InChI is InChI=1S/C14H17ClN2O2/c1-19-13-4-9(2-3-12(13)15)14(18)17-7-10-5-16-6-11(10)8-17/h2-4,10-11,16H,5-8H2,1H3. The summed E-state index contributed by atoms with van der Waals surface area (Å²) in [5.41, 5.74) is 0.647.